The van der Waals surface area contributed by atoms with E-state index in [4.69, 9.17) is 5.73 Å². The Balaban J connectivity index is 1.63. The highest BCUT2D eigenvalue weighted by molar-refractivity contribution is 7.99. The van der Waals surface area contributed by atoms with Gasteiger partial charge < -0.3 is 11.1 Å². The monoisotopic (exact) mass is 347 g/mol. The number of carbonyl (C=O) groups is 2. The third-order valence-electron chi connectivity index (χ3n) is 5.23. The molecule has 1 aromatic rings. The Hall–Kier alpha value is -1.53. The summed E-state index contributed by atoms with van der Waals surface area (Å²) in [6, 6.07) is 6.53. The van der Waals surface area contributed by atoms with E-state index in [-0.39, 0.29) is 11.4 Å². The first-order valence-corrected chi connectivity index (χ1v) is 9.77. The second-order valence-electron chi connectivity index (χ2n) is 6.66. The maximum absolute atomic E-state index is 12.5. The molecule has 5 nitrogen and oxygen atoms in total. The third-order valence-corrected chi connectivity index (χ3v) is 6.17. The lowest BCUT2D eigenvalue weighted by atomic mass is 9.94. The summed E-state index contributed by atoms with van der Waals surface area (Å²) in [5.74, 6) is 1.81. The smallest absolute Gasteiger partial charge is 0.251 e. The molecule has 24 heavy (non-hydrogen) atoms. The van der Waals surface area contributed by atoms with Gasteiger partial charge in [-0.3, -0.25) is 14.5 Å². The van der Waals surface area contributed by atoms with Gasteiger partial charge >= 0.3 is 0 Å². The number of hydrogen-bond donors (Lipinski definition) is 2. The molecule has 130 valence electrons. The van der Waals surface area contributed by atoms with Crippen LogP contribution in [0.4, 0.5) is 0 Å². The number of primary amides is 1. The van der Waals surface area contributed by atoms with E-state index in [0.717, 1.165) is 13.1 Å². The molecule has 1 saturated heterocycles. The highest BCUT2D eigenvalue weighted by Crippen LogP contribution is 2.36. The van der Waals surface area contributed by atoms with Gasteiger partial charge in [-0.1, -0.05) is 12.8 Å². The Kier molecular flexibility index (Phi) is 5.46. The summed E-state index contributed by atoms with van der Waals surface area (Å²) in [6.45, 7) is 2.94. The summed E-state index contributed by atoms with van der Waals surface area (Å²) in [5.41, 5.74) is 6.36. The molecule has 0 spiro atoms. The molecule has 0 bridgehead atoms. The van der Waals surface area contributed by atoms with Gasteiger partial charge in [-0.05, 0) is 37.1 Å². The minimum atomic E-state index is -0.477. The lowest BCUT2D eigenvalue weighted by molar-refractivity contribution is 0.0817. The molecule has 0 atom stereocenters. The van der Waals surface area contributed by atoms with Crippen molar-refractivity contribution in [1.82, 2.24) is 10.2 Å². The minimum absolute atomic E-state index is 0.0799. The van der Waals surface area contributed by atoms with Gasteiger partial charge in [0, 0.05) is 47.8 Å². The molecule has 0 radical (unpaired) electrons. The molecule has 1 heterocycles. The van der Waals surface area contributed by atoms with Gasteiger partial charge in [0.05, 0.1) is 0 Å². The average molecular weight is 347 g/mol. The van der Waals surface area contributed by atoms with Crippen molar-refractivity contribution in [1.29, 1.82) is 0 Å². The van der Waals surface area contributed by atoms with Gasteiger partial charge in [0.25, 0.3) is 5.91 Å². The molecule has 0 aromatic heterocycles. The molecule has 1 aliphatic heterocycles. The Bertz CT molecular complexity index is 591. The van der Waals surface area contributed by atoms with Crippen molar-refractivity contribution in [3.8, 4) is 0 Å². The van der Waals surface area contributed by atoms with Crippen molar-refractivity contribution >= 4 is 23.6 Å². The van der Waals surface area contributed by atoms with E-state index in [1.165, 1.54) is 37.2 Å². The van der Waals surface area contributed by atoms with Gasteiger partial charge in [0.15, 0.2) is 0 Å². The van der Waals surface area contributed by atoms with E-state index in [2.05, 4.69) is 10.2 Å². The molecular formula is C18H25N3O2S. The van der Waals surface area contributed by atoms with E-state index < -0.39 is 5.91 Å². The van der Waals surface area contributed by atoms with Gasteiger partial charge in [-0.2, -0.15) is 11.8 Å². The van der Waals surface area contributed by atoms with E-state index >= 15 is 0 Å². The summed E-state index contributed by atoms with van der Waals surface area (Å²) in [5, 5.41) is 3.12. The molecule has 1 aromatic carbocycles. The summed E-state index contributed by atoms with van der Waals surface area (Å²) >= 11 is 2.01. The molecule has 2 fully saturated rings. The van der Waals surface area contributed by atoms with Gasteiger partial charge in [-0.25, -0.2) is 0 Å². The zero-order chi connectivity index (χ0) is 17.0. The minimum Gasteiger partial charge on any atom is -0.366 e. The van der Waals surface area contributed by atoms with E-state index in [1.54, 1.807) is 24.3 Å². The fourth-order valence-electron chi connectivity index (χ4n) is 3.81. The van der Waals surface area contributed by atoms with Gasteiger partial charge in [-0.15, -0.1) is 0 Å². The van der Waals surface area contributed by atoms with Gasteiger partial charge in [0.2, 0.25) is 5.91 Å². The highest BCUT2D eigenvalue weighted by atomic mass is 32.2. The first-order chi connectivity index (χ1) is 11.6. The number of hydrogen-bond acceptors (Lipinski definition) is 4. The molecule has 3 rings (SSSR count). The first kappa shape index (κ1) is 17.3. The van der Waals surface area contributed by atoms with Crippen molar-refractivity contribution in [2.24, 2.45) is 5.73 Å². The second kappa shape index (κ2) is 7.57. The standard InChI is InChI=1S/C18H25N3O2S/c19-16(22)14-3-5-15(6-4-14)17(23)20-13-18(7-1-2-8-18)21-9-11-24-12-10-21/h3-6H,1-2,7-13H2,(H2,19,22)(H,20,23). The number of nitrogens with one attached hydrogen (secondary N) is 1. The number of amides is 2. The highest BCUT2D eigenvalue weighted by Gasteiger charge is 2.40. The lowest BCUT2D eigenvalue weighted by Crippen LogP contribution is -2.56. The zero-order valence-electron chi connectivity index (χ0n) is 13.9. The number of nitrogens with two attached hydrogens (primary N) is 1. The van der Waals surface area contributed by atoms with Crippen LogP contribution in [0.3, 0.4) is 0 Å². The summed E-state index contributed by atoms with van der Waals surface area (Å²) in [4.78, 5) is 26.2. The molecule has 1 saturated carbocycles. The van der Waals surface area contributed by atoms with Crippen LogP contribution in [0.5, 0.6) is 0 Å². The van der Waals surface area contributed by atoms with Crippen LogP contribution in [0.1, 0.15) is 46.4 Å². The van der Waals surface area contributed by atoms with E-state index in [0.29, 0.717) is 17.7 Å². The Morgan fingerprint density at radius 2 is 1.67 bits per heavy atom. The lowest BCUT2D eigenvalue weighted by Gasteiger charge is -2.43. The molecular weight excluding hydrogens is 322 g/mol. The zero-order valence-corrected chi connectivity index (χ0v) is 14.7. The predicted octanol–water partition coefficient (Wildman–Crippen LogP) is 1.88. The normalized spacial score (nSPS) is 20.7. The largest absolute Gasteiger partial charge is 0.366 e. The summed E-state index contributed by atoms with van der Waals surface area (Å²) < 4.78 is 0. The van der Waals surface area contributed by atoms with Crippen molar-refractivity contribution < 1.29 is 9.59 Å². The Morgan fingerprint density at radius 3 is 2.25 bits per heavy atom. The first-order valence-electron chi connectivity index (χ1n) is 8.62. The van der Waals surface area contributed by atoms with Crippen molar-refractivity contribution in [3.05, 3.63) is 35.4 Å². The molecule has 1 aliphatic carbocycles. The molecule has 2 amide bonds. The summed E-state index contributed by atoms with van der Waals surface area (Å²) in [7, 11) is 0. The van der Waals surface area contributed by atoms with Crippen LogP contribution >= 0.6 is 11.8 Å². The Labute approximate surface area is 147 Å². The van der Waals surface area contributed by atoms with Crippen molar-refractivity contribution in [2.45, 2.75) is 31.2 Å². The maximum Gasteiger partial charge on any atom is 0.251 e. The molecule has 3 N–H and O–H groups in total. The number of rotatable bonds is 5. The Morgan fingerprint density at radius 1 is 1.08 bits per heavy atom. The number of nitrogens with zero attached hydrogens (tertiary/aromatic N) is 1. The van der Waals surface area contributed by atoms with Crippen molar-refractivity contribution in [2.75, 3.05) is 31.1 Å². The van der Waals surface area contributed by atoms with Crippen LogP contribution in [0, 0.1) is 0 Å². The van der Waals surface area contributed by atoms with Crippen LogP contribution in [0.25, 0.3) is 0 Å². The van der Waals surface area contributed by atoms with Crippen LogP contribution in [-0.2, 0) is 0 Å². The number of thioether (sulfide) groups is 1. The fraction of sp³-hybridized carbons (Fsp3) is 0.556. The van der Waals surface area contributed by atoms with Crippen LogP contribution < -0.4 is 11.1 Å². The molecule has 2 aliphatic rings. The summed E-state index contributed by atoms with van der Waals surface area (Å²) in [6.07, 6.45) is 4.82. The van der Waals surface area contributed by atoms with Crippen LogP contribution in [0.15, 0.2) is 24.3 Å². The third kappa shape index (κ3) is 3.75. The fourth-order valence-corrected chi connectivity index (χ4v) is 4.71. The van der Waals surface area contributed by atoms with E-state index in [9.17, 15) is 9.59 Å². The van der Waals surface area contributed by atoms with Crippen molar-refractivity contribution in [3.63, 3.8) is 0 Å². The topological polar surface area (TPSA) is 75.4 Å². The average Bonchev–Trinajstić information content (AvgIpc) is 3.11. The quantitative estimate of drug-likeness (QED) is 0.853. The second-order valence-corrected chi connectivity index (χ2v) is 7.88. The maximum atomic E-state index is 12.5. The molecule has 0 unspecified atom stereocenters. The predicted molar refractivity (Wildman–Crippen MR) is 97.4 cm³/mol. The van der Waals surface area contributed by atoms with Gasteiger partial charge in [0.1, 0.15) is 0 Å². The molecule has 6 heteroatoms. The number of carbonyl (C=O) groups excluding carboxylic acids is 2. The SMILES string of the molecule is NC(=O)c1ccc(C(=O)NCC2(N3CCSCC3)CCCC2)cc1. The van der Waals surface area contributed by atoms with Crippen LogP contribution in [-0.4, -0.2) is 53.4 Å². The van der Waals surface area contributed by atoms with Crippen LogP contribution in [0.2, 0.25) is 0 Å². The number of benzene rings is 1. The van der Waals surface area contributed by atoms with E-state index in [1.807, 2.05) is 11.8 Å².